The molecule has 0 saturated carbocycles. The van der Waals surface area contributed by atoms with E-state index in [-0.39, 0.29) is 28.2 Å². The molecule has 1 fully saturated rings. The number of carbonyl (C=O) groups excluding carboxylic acids is 1. The summed E-state index contributed by atoms with van der Waals surface area (Å²) in [6.45, 7) is 12.1. The summed E-state index contributed by atoms with van der Waals surface area (Å²) < 4.78 is 11.5. The van der Waals surface area contributed by atoms with Crippen molar-refractivity contribution in [1.82, 2.24) is 5.32 Å². The van der Waals surface area contributed by atoms with Crippen molar-refractivity contribution in [2.75, 3.05) is 11.5 Å². The van der Waals surface area contributed by atoms with E-state index < -0.39 is 16.7 Å². The Hall–Kier alpha value is -2.13. The largest absolute Gasteiger partial charge is 0.507 e. The van der Waals surface area contributed by atoms with E-state index in [0.717, 1.165) is 11.1 Å². The predicted molar refractivity (Wildman–Crippen MR) is 114 cm³/mol. The third-order valence-electron chi connectivity index (χ3n) is 4.84. The molecule has 0 bridgehead atoms. The molecule has 1 heterocycles. The van der Waals surface area contributed by atoms with E-state index in [1.807, 2.05) is 59.7 Å². The average molecular weight is 403 g/mol. The molecule has 1 aromatic carbocycles. The van der Waals surface area contributed by atoms with Gasteiger partial charge in [-0.3, -0.25) is 9.00 Å². The summed E-state index contributed by atoms with van der Waals surface area (Å²) in [5, 5.41) is 23.1. The van der Waals surface area contributed by atoms with Crippen LogP contribution < -0.4 is 5.32 Å². The summed E-state index contributed by atoms with van der Waals surface area (Å²) in [7, 11) is -0.896. The number of phenolic OH excluding ortho intramolecular Hbond substituents is 1. The number of nitrogens with zero attached hydrogens (tertiary/aromatic N) is 1. The summed E-state index contributed by atoms with van der Waals surface area (Å²) in [6, 6.07) is 5.49. The molecule has 0 radical (unpaired) electrons. The molecule has 152 valence electrons. The van der Waals surface area contributed by atoms with Gasteiger partial charge in [0, 0.05) is 39.5 Å². The van der Waals surface area contributed by atoms with Gasteiger partial charge in [0.15, 0.2) is 0 Å². The van der Waals surface area contributed by atoms with E-state index in [2.05, 4.69) is 5.32 Å². The standard InChI is InChI=1S/C22H30N2O3S/c1-21(2,3)17-10-14(11-18(19(17)25)22(4,5)6)9-15(12-23)20(26)24-16-7-8-28(27)13-16/h9-11,16,25H,7-8,13H2,1-6H3,(H,24,26)/b15-9-. The molecular weight excluding hydrogens is 372 g/mol. The highest BCUT2D eigenvalue weighted by Crippen LogP contribution is 2.40. The van der Waals surface area contributed by atoms with Gasteiger partial charge in [-0.05, 0) is 41.0 Å². The molecule has 2 atom stereocenters. The van der Waals surface area contributed by atoms with Gasteiger partial charge in [0.1, 0.15) is 17.4 Å². The minimum atomic E-state index is -0.896. The zero-order valence-electron chi connectivity index (χ0n) is 17.5. The molecule has 28 heavy (non-hydrogen) atoms. The molecule has 1 aromatic rings. The number of amides is 1. The first-order valence-electron chi connectivity index (χ1n) is 9.48. The van der Waals surface area contributed by atoms with Crippen LogP contribution in [0.5, 0.6) is 5.75 Å². The van der Waals surface area contributed by atoms with Crippen LogP contribution in [0.2, 0.25) is 0 Å². The maximum absolute atomic E-state index is 12.5. The fourth-order valence-corrected chi connectivity index (χ4v) is 4.65. The molecule has 2 unspecified atom stereocenters. The van der Waals surface area contributed by atoms with Crippen molar-refractivity contribution in [3.63, 3.8) is 0 Å². The van der Waals surface area contributed by atoms with Crippen molar-refractivity contribution in [3.05, 3.63) is 34.4 Å². The van der Waals surface area contributed by atoms with Gasteiger partial charge in [0.05, 0.1) is 0 Å². The van der Waals surface area contributed by atoms with Crippen LogP contribution in [0.15, 0.2) is 17.7 Å². The maximum Gasteiger partial charge on any atom is 0.262 e. The van der Waals surface area contributed by atoms with E-state index in [0.29, 0.717) is 23.5 Å². The second-order valence-electron chi connectivity index (χ2n) is 9.40. The van der Waals surface area contributed by atoms with Crippen molar-refractivity contribution in [1.29, 1.82) is 5.26 Å². The number of aromatic hydroxyl groups is 1. The van der Waals surface area contributed by atoms with Crippen LogP contribution >= 0.6 is 0 Å². The first kappa shape index (κ1) is 22.2. The molecule has 1 aliphatic rings. The first-order chi connectivity index (χ1) is 12.8. The predicted octanol–water partition coefficient (Wildman–Crippen LogP) is 3.53. The smallest absolute Gasteiger partial charge is 0.262 e. The Labute approximate surface area is 170 Å². The number of nitrogens with one attached hydrogen (secondary N) is 1. The number of benzene rings is 1. The number of nitriles is 1. The summed E-state index contributed by atoms with van der Waals surface area (Å²) in [6.07, 6.45) is 2.23. The molecule has 6 heteroatoms. The van der Waals surface area contributed by atoms with Gasteiger partial charge in [0.25, 0.3) is 5.91 Å². The number of hydrogen-bond donors (Lipinski definition) is 2. The van der Waals surface area contributed by atoms with Gasteiger partial charge < -0.3 is 10.4 Å². The van der Waals surface area contributed by atoms with E-state index in [9.17, 15) is 19.4 Å². The summed E-state index contributed by atoms with van der Waals surface area (Å²) in [4.78, 5) is 12.5. The molecule has 2 N–H and O–H groups in total. The molecule has 0 spiro atoms. The van der Waals surface area contributed by atoms with Gasteiger partial charge in [0.2, 0.25) is 0 Å². The zero-order valence-corrected chi connectivity index (χ0v) is 18.4. The fraction of sp³-hybridized carbons (Fsp3) is 0.545. The number of rotatable bonds is 3. The van der Waals surface area contributed by atoms with E-state index in [1.165, 1.54) is 0 Å². The van der Waals surface area contributed by atoms with Crippen LogP contribution in [0, 0.1) is 11.3 Å². The minimum absolute atomic E-state index is 0.00286. The average Bonchev–Trinajstić information content (AvgIpc) is 2.96. The Morgan fingerprint density at radius 1 is 1.21 bits per heavy atom. The molecular formula is C22H30N2O3S. The van der Waals surface area contributed by atoms with E-state index in [4.69, 9.17) is 0 Å². The highest BCUT2D eigenvalue weighted by Gasteiger charge is 2.27. The monoisotopic (exact) mass is 402 g/mol. The topological polar surface area (TPSA) is 90.2 Å². The quantitative estimate of drug-likeness (QED) is 0.598. The summed E-state index contributed by atoms with van der Waals surface area (Å²) in [5.74, 6) is 0.826. The van der Waals surface area contributed by atoms with Crippen LogP contribution in [0.1, 0.15) is 64.7 Å². The number of carbonyl (C=O) groups is 1. The van der Waals surface area contributed by atoms with Gasteiger partial charge >= 0.3 is 0 Å². The lowest BCUT2D eigenvalue weighted by atomic mass is 9.78. The molecule has 1 saturated heterocycles. The third-order valence-corrected chi connectivity index (χ3v) is 6.31. The summed E-state index contributed by atoms with van der Waals surface area (Å²) in [5.41, 5.74) is 1.66. The lowest BCUT2D eigenvalue weighted by molar-refractivity contribution is -0.117. The normalized spacial score (nSPS) is 20.7. The molecule has 5 nitrogen and oxygen atoms in total. The summed E-state index contributed by atoms with van der Waals surface area (Å²) >= 11 is 0. The van der Waals surface area contributed by atoms with Gasteiger partial charge in [-0.15, -0.1) is 0 Å². The Morgan fingerprint density at radius 3 is 2.14 bits per heavy atom. The number of phenols is 1. The van der Waals surface area contributed by atoms with E-state index in [1.54, 1.807) is 6.08 Å². The van der Waals surface area contributed by atoms with Crippen LogP contribution in [0.4, 0.5) is 0 Å². The fourth-order valence-electron chi connectivity index (χ4n) is 3.24. The first-order valence-corrected chi connectivity index (χ1v) is 11.0. The van der Waals surface area contributed by atoms with Gasteiger partial charge in [-0.1, -0.05) is 41.5 Å². The highest BCUT2D eigenvalue weighted by molar-refractivity contribution is 7.85. The molecule has 1 aliphatic heterocycles. The van der Waals surface area contributed by atoms with Gasteiger partial charge in [-0.2, -0.15) is 5.26 Å². The molecule has 0 aliphatic carbocycles. The lowest BCUT2D eigenvalue weighted by Crippen LogP contribution is -2.35. The second kappa shape index (κ2) is 8.08. The lowest BCUT2D eigenvalue weighted by Gasteiger charge is -2.28. The van der Waals surface area contributed by atoms with Crippen LogP contribution in [-0.2, 0) is 26.4 Å². The minimum Gasteiger partial charge on any atom is -0.507 e. The van der Waals surface area contributed by atoms with Crippen LogP contribution in [0.25, 0.3) is 6.08 Å². The zero-order chi connectivity index (χ0) is 21.3. The Kier molecular flexibility index (Phi) is 6.40. The van der Waals surface area contributed by atoms with Crippen LogP contribution in [-0.4, -0.2) is 32.8 Å². The Balaban J connectivity index is 2.45. The van der Waals surface area contributed by atoms with Crippen molar-refractivity contribution >= 4 is 22.8 Å². The Morgan fingerprint density at radius 2 is 1.75 bits per heavy atom. The SMILES string of the molecule is CC(C)(C)c1cc(/C=C(/C#N)C(=O)NC2CCS(=O)C2)cc(C(C)(C)C)c1O. The van der Waals surface area contributed by atoms with E-state index >= 15 is 0 Å². The van der Waals surface area contributed by atoms with Crippen molar-refractivity contribution < 1.29 is 14.1 Å². The van der Waals surface area contributed by atoms with Crippen molar-refractivity contribution in [2.45, 2.75) is 64.8 Å². The second-order valence-corrected chi connectivity index (χ2v) is 11.0. The molecule has 2 rings (SSSR count). The maximum atomic E-state index is 12.5. The molecule has 0 aromatic heterocycles. The molecule has 1 amide bonds. The van der Waals surface area contributed by atoms with Crippen molar-refractivity contribution in [3.8, 4) is 11.8 Å². The number of hydrogen-bond acceptors (Lipinski definition) is 4. The highest BCUT2D eigenvalue weighted by atomic mass is 32.2. The van der Waals surface area contributed by atoms with Gasteiger partial charge in [-0.25, -0.2) is 0 Å². The van der Waals surface area contributed by atoms with Crippen LogP contribution in [0.3, 0.4) is 0 Å². The van der Waals surface area contributed by atoms with Crippen molar-refractivity contribution in [2.24, 2.45) is 0 Å². The third kappa shape index (κ3) is 5.23. The Bertz CT molecular complexity index is 832.